The van der Waals surface area contributed by atoms with Gasteiger partial charge in [0.25, 0.3) is 0 Å². The first-order valence-electron chi connectivity index (χ1n) is 9.41. The molecule has 0 spiro atoms. The number of carbonyl (C=O) groups is 2. The maximum absolute atomic E-state index is 11.3. The van der Waals surface area contributed by atoms with Crippen LogP contribution in [0.15, 0.2) is 30.8 Å². The third-order valence-electron chi connectivity index (χ3n) is 4.21. The van der Waals surface area contributed by atoms with Crippen molar-refractivity contribution in [2.45, 2.75) is 72.6 Å². The van der Waals surface area contributed by atoms with E-state index in [9.17, 15) is 9.59 Å². The highest BCUT2D eigenvalue weighted by Crippen LogP contribution is 2.24. The molecule has 2 rings (SSSR count). The Morgan fingerprint density at radius 2 is 1.62 bits per heavy atom. The Balaban J connectivity index is 0.000000405. The molecule has 1 fully saturated rings. The van der Waals surface area contributed by atoms with Gasteiger partial charge in [0.1, 0.15) is 5.78 Å². The Bertz CT molecular complexity index is 496. The van der Waals surface area contributed by atoms with E-state index in [2.05, 4.69) is 6.58 Å². The number of Topliss-reactive ketones (excluding diaryl/α,β-unsaturated/α-hetero) is 2. The fourth-order valence-corrected chi connectivity index (χ4v) is 2.83. The van der Waals surface area contributed by atoms with Crippen molar-refractivity contribution in [1.82, 2.24) is 0 Å². The standard InChI is InChI=1S/C11H12O.C9H16O.C2H6/c1-3-9-7-5-6-8-10(9)11(12)4-2;1-2-9(10)8-6-4-3-5-7-8;1-2/h3,5-8H,1,4H2,2H3;8H,2-7H2,1H3;1-2H3. The van der Waals surface area contributed by atoms with E-state index in [1.54, 1.807) is 6.08 Å². The molecule has 1 aromatic rings. The lowest BCUT2D eigenvalue weighted by Gasteiger charge is -2.19. The third-order valence-corrected chi connectivity index (χ3v) is 4.21. The molecule has 1 saturated carbocycles. The van der Waals surface area contributed by atoms with E-state index in [1.165, 1.54) is 19.3 Å². The maximum Gasteiger partial charge on any atom is 0.163 e. The second-order valence-electron chi connectivity index (χ2n) is 5.72. The highest BCUT2D eigenvalue weighted by atomic mass is 16.1. The predicted molar refractivity (Wildman–Crippen MR) is 104 cm³/mol. The third kappa shape index (κ3) is 7.72. The van der Waals surface area contributed by atoms with E-state index in [4.69, 9.17) is 0 Å². The first-order valence-corrected chi connectivity index (χ1v) is 9.41. The van der Waals surface area contributed by atoms with Gasteiger partial charge in [-0.25, -0.2) is 0 Å². The summed E-state index contributed by atoms with van der Waals surface area (Å²) in [4.78, 5) is 22.5. The normalized spacial score (nSPS) is 13.7. The van der Waals surface area contributed by atoms with E-state index in [1.807, 2.05) is 52.0 Å². The molecule has 2 nitrogen and oxygen atoms in total. The smallest absolute Gasteiger partial charge is 0.163 e. The molecule has 0 radical (unpaired) electrons. The molecule has 0 bridgehead atoms. The molecular weight excluding hydrogens is 296 g/mol. The van der Waals surface area contributed by atoms with Crippen LogP contribution in [0, 0.1) is 5.92 Å². The number of hydrogen-bond donors (Lipinski definition) is 0. The number of hydrogen-bond acceptors (Lipinski definition) is 2. The summed E-state index contributed by atoms with van der Waals surface area (Å²) >= 11 is 0. The molecule has 1 aromatic carbocycles. The van der Waals surface area contributed by atoms with Crippen LogP contribution in [0.1, 0.15) is 88.6 Å². The quantitative estimate of drug-likeness (QED) is 0.578. The van der Waals surface area contributed by atoms with Crippen molar-refractivity contribution >= 4 is 17.6 Å². The highest BCUT2D eigenvalue weighted by molar-refractivity contribution is 5.99. The average Bonchev–Trinajstić information content (AvgIpc) is 2.69. The van der Waals surface area contributed by atoms with Crippen LogP contribution in [-0.2, 0) is 4.79 Å². The summed E-state index contributed by atoms with van der Waals surface area (Å²) in [6.45, 7) is 11.5. The summed E-state index contributed by atoms with van der Waals surface area (Å²) in [6.07, 6.45) is 9.21. The summed E-state index contributed by atoms with van der Waals surface area (Å²) in [5.41, 5.74) is 1.69. The van der Waals surface area contributed by atoms with Gasteiger partial charge in [-0.1, -0.05) is 83.9 Å². The lowest BCUT2D eigenvalue weighted by Crippen LogP contribution is -2.16. The van der Waals surface area contributed by atoms with Crippen molar-refractivity contribution in [2.24, 2.45) is 5.92 Å². The van der Waals surface area contributed by atoms with E-state index in [0.717, 1.165) is 30.4 Å². The summed E-state index contributed by atoms with van der Waals surface area (Å²) in [6, 6.07) is 7.51. The van der Waals surface area contributed by atoms with Gasteiger partial charge in [-0.05, 0) is 18.4 Å². The van der Waals surface area contributed by atoms with E-state index in [0.29, 0.717) is 18.1 Å². The molecule has 0 N–H and O–H groups in total. The minimum Gasteiger partial charge on any atom is -0.299 e. The van der Waals surface area contributed by atoms with Gasteiger partial charge in [0.15, 0.2) is 5.78 Å². The van der Waals surface area contributed by atoms with Crippen molar-refractivity contribution in [1.29, 1.82) is 0 Å². The van der Waals surface area contributed by atoms with Gasteiger partial charge in [-0.2, -0.15) is 0 Å². The van der Waals surface area contributed by atoms with Crippen LogP contribution in [0.25, 0.3) is 6.08 Å². The van der Waals surface area contributed by atoms with Crippen LogP contribution in [0.5, 0.6) is 0 Å². The van der Waals surface area contributed by atoms with Crippen molar-refractivity contribution in [3.8, 4) is 0 Å². The number of benzene rings is 1. The van der Waals surface area contributed by atoms with Gasteiger partial charge in [0.05, 0.1) is 0 Å². The summed E-state index contributed by atoms with van der Waals surface area (Å²) in [5, 5.41) is 0. The van der Waals surface area contributed by atoms with Crippen LogP contribution in [-0.4, -0.2) is 11.6 Å². The van der Waals surface area contributed by atoms with Gasteiger partial charge in [0, 0.05) is 24.3 Å². The first kappa shape index (κ1) is 22.3. The molecule has 1 aliphatic carbocycles. The molecule has 0 atom stereocenters. The second-order valence-corrected chi connectivity index (χ2v) is 5.72. The van der Waals surface area contributed by atoms with Crippen molar-refractivity contribution < 1.29 is 9.59 Å². The largest absolute Gasteiger partial charge is 0.299 e. The van der Waals surface area contributed by atoms with Gasteiger partial charge < -0.3 is 0 Å². The Morgan fingerprint density at radius 1 is 1.04 bits per heavy atom. The SMILES string of the molecule is C=Cc1ccccc1C(=O)CC.CC.CCC(=O)C1CCCCC1. The lowest BCUT2D eigenvalue weighted by molar-refractivity contribution is -0.123. The molecule has 0 unspecified atom stereocenters. The fraction of sp³-hybridized carbons (Fsp3) is 0.545. The number of ketones is 2. The van der Waals surface area contributed by atoms with Crippen LogP contribution < -0.4 is 0 Å². The fourth-order valence-electron chi connectivity index (χ4n) is 2.83. The van der Waals surface area contributed by atoms with E-state index in [-0.39, 0.29) is 5.78 Å². The van der Waals surface area contributed by atoms with Crippen LogP contribution in [0.4, 0.5) is 0 Å². The molecule has 0 heterocycles. The predicted octanol–water partition coefficient (Wildman–Crippen LogP) is 6.49. The topological polar surface area (TPSA) is 34.1 Å². The summed E-state index contributed by atoms with van der Waals surface area (Å²) < 4.78 is 0. The molecule has 0 amide bonds. The van der Waals surface area contributed by atoms with Crippen molar-refractivity contribution in [3.63, 3.8) is 0 Å². The Kier molecular flexibility index (Phi) is 12.7. The van der Waals surface area contributed by atoms with Crippen molar-refractivity contribution in [3.05, 3.63) is 42.0 Å². The molecule has 0 saturated heterocycles. The van der Waals surface area contributed by atoms with E-state index < -0.39 is 0 Å². The van der Waals surface area contributed by atoms with E-state index >= 15 is 0 Å². The summed E-state index contributed by atoms with van der Waals surface area (Å²) in [7, 11) is 0. The van der Waals surface area contributed by atoms with Gasteiger partial charge in [0.2, 0.25) is 0 Å². The zero-order valence-electron chi connectivity index (χ0n) is 15.9. The molecular formula is C22H34O2. The Labute approximate surface area is 148 Å². The molecule has 134 valence electrons. The summed E-state index contributed by atoms with van der Waals surface area (Å²) in [5.74, 6) is 1.09. The van der Waals surface area contributed by atoms with Gasteiger partial charge >= 0.3 is 0 Å². The number of carbonyl (C=O) groups excluding carboxylic acids is 2. The molecule has 2 heteroatoms. The zero-order valence-corrected chi connectivity index (χ0v) is 15.9. The highest BCUT2D eigenvalue weighted by Gasteiger charge is 2.18. The maximum atomic E-state index is 11.3. The first-order chi connectivity index (χ1) is 11.6. The van der Waals surface area contributed by atoms with Gasteiger partial charge in [-0.3, -0.25) is 9.59 Å². The van der Waals surface area contributed by atoms with Gasteiger partial charge in [-0.15, -0.1) is 0 Å². The lowest BCUT2D eigenvalue weighted by atomic mass is 9.85. The molecule has 24 heavy (non-hydrogen) atoms. The van der Waals surface area contributed by atoms with Crippen LogP contribution in [0.2, 0.25) is 0 Å². The minimum absolute atomic E-state index is 0.172. The second kappa shape index (κ2) is 13.7. The average molecular weight is 331 g/mol. The number of rotatable bonds is 5. The van der Waals surface area contributed by atoms with Crippen LogP contribution in [0.3, 0.4) is 0 Å². The minimum atomic E-state index is 0.172. The molecule has 0 aliphatic heterocycles. The van der Waals surface area contributed by atoms with Crippen molar-refractivity contribution in [2.75, 3.05) is 0 Å². The monoisotopic (exact) mass is 330 g/mol. The zero-order chi connectivity index (χ0) is 18.4. The molecule has 1 aliphatic rings. The Morgan fingerprint density at radius 3 is 2.12 bits per heavy atom. The van der Waals surface area contributed by atoms with Crippen LogP contribution >= 0.6 is 0 Å². The molecule has 0 aromatic heterocycles. The Hall–Kier alpha value is -1.70.